The van der Waals surface area contributed by atoms with Crippen LogP contribution in [0.3, 0.4) is 0 Å². The van der Waals surface area contributed by atoms with Crippen LogP contribution >= 0.6 is 24.0 Å². The molecule has 2 unspecified atom stereocenters. The van der Waals surface area contributed by atoms with Gasteiger partial charge in [0.1, 0.15) is 0 Å². The highest BCUT2D eigenvalue weighted by Crippen LogP contribution is 2.33. The number of nitrogens with zero attached hydrogens (tertiary/aromatic N) is 1. The Bertz CT molecular complexity index is 699. The van der Waals surface area contributed by atoms with Gasteiger partial charge in [0, 0.05) is 32.7 Å². The molecule has 0 spiro atoms. The first kappa shape index (κ1) is 27.7. The molecular weight excluding hydrogens is 519 g/mol. The van der Waals surface area contributed by atoms with Gasteiger partial charge < -0.3 is 24.8 Å². The SMILES string of the molecule is CCOc1cc(CNC(=NC)NCC2CCCOC2C(C)(C)C)ccc1OC(F)F.I. The lowest BCUT2D eigenvalue weighted by Crippen LogP contribution is -2.47. The van der Waals surface area contributed by atoms with E-state index < -0.39 is 6.61 Å². The van der Waals surface area contributed by atoms with Crippen molar-refractivity contribution in [2.45, 2.75) is 59.8 Å². The third kappa shape index (κ3) is 8.96. The van der Waals surface area contributed by atoms with Crippen LogP contribution in [0.5, 0.6) is 11.5 Å². The van der Waals surface area contributed by atoms with Gasteiger partial charge in [0.2, 0.25) is 0 Å². The molecule has 9 heteroatoms. The molecule has 6 nitrogen and oxygen atoms in total. The van der Waals surface area contributed by atoms with Gasteiger partial charge >= 0.3 is 6.61 Å². The fourth-order valence-corrected chi connectivity index (χ4v) is 3.77. The van der Waals surface area contributed by atoms with Crippen LogP contribution in [0.25, 0.3) is 0 Å². The minimum absolute atomic E-state index is 0. The van der Waals surface area contributed by atoms with Crippen molar-refractivity contribution in [3.63, 3.8) is 0 Å². The first-order valence-electron chi connectivity index (χ1n) is 10.5. The van der Waals surface area contributed by atoms with Gasteiger partial charge in [-0.3, -0.25) is 4.99 Å². The zero-order chi connectivity index (χ0) is 22.1. The molecule has 0 amide bonds. The molecule has 1 aromatic rings. The average molecular weight is 555 g/mol. The highest BCUT2D eigenvalue weighted by molar-refractivity contribution is 14.0. The minimum atomic E-state index is -2.89. The molecule has 1 fully saturated rings. The molecule has 2 N–H and O–H groups in total. The van der Waals surface area contributed by atoms with Gasteiger partial charge in [0.15, 0.2) is 17.5 Å². The zero-order valence-electron chi connectivity index (χ0n) is 19.0. The van der Waals surface area contributed by atoms with E-state index in [0.717, 1.165) is 31.6 Å². The molecule has 2 rings (SSSR count). The Labute approximate surface area is 201 Å². The highest BCUT2D eigenvalue weighted by atomic mass is 127. The average Bonchev–Trinajstić information content (AvgIpc) is 2.69. The maximum Gasteiger partial charge on any atom is 0.387 e. The van der Waals surface area contributed by atoms with E-state index in [-0.39, 0.29) is 41.2 Å². The van der Waals surface area contributed by atoms with Crippen molar-refractivity contribution in [2.24, 2.45) is 16.3 Å². The number of guanidine groups is 1. The maximum absolute atomic E-state index is 12.6. The van der Waals surface area contributed by atoms with Crippen LogP contribution in [0.4, 0.5) is 8.78 Å². The number of rotatable bonds is 8. The summed E-state index contributed by atoms with van der Waals surface area (Å²) in [6, 6.07) is 4.93. The summed E-state index contributed by atoms with van der Waals surface area (Å²) in [5.74, 6) is 1.42. The molecule has 178 valence electrons. The van der Waals surface area contributed by atoms with E-state index in [1.165, 1.54) is 6.07 Å². The Morgan fingerprint density at radius 2 is 2.00 bits per heavy atom. The molecule has 0 aliphatic carbocycles. The Morgan fingerprint density at radius 3 is 2.61 bits per heavy atom. The Hall–Kier alpha value is -1.36. The van der Waals surface area contributed by atoms with Crippen molar-refractivity contribution in [1.82, 2.24) is 10.6 Å². The lowest BCUT2D eigenvalue weighted by atomic mass is 9.78. The monoisotopic (exact) mass is 555 g/mol. The normalized spacial score (nSPS) is 19.5. The molecule has 1 aliphatic rings. The second kappa shape index (κ2) is 13.2. The molecule has 0 saturated carbocycles. The molecule has 1 aliphatic heterocycles. The quantitative estimate of drug-likeness (QED) is 0.274. The van der Waals surface area contributed by atoms with E-state index in [4.69, 9.17) is 9.47 Å². The number of nitrogens with one attached hydrogen (secondary N) is 2. The van der Waals surface area contributed by atoms with Crippen molar-refractivity contribution in [2.75, 3.05) is 26.8 Å². The summed E-state index contributed by atoms with van der Waals surface area (Å²) in [4.78, 5) is 4.29. The molecule has 1 aromatic carbocycles. The van der Waals surface area contributed by atoms with E-state index in [2.05, 4.69) is 41.1 Å². The Balaban J connectivity index is 0.00000480. The Morgan fingerprint density at radius 1 is 1.26 bits per heavy atom. The number of ether oxygens (including phenoxy) is 3. The molecule has 2 atom stereocenters. The van der Waals surface area contributed by atoms with Crippen LogP contribution in [0.2, 0.25) is 0 Å². The van der Waals surface area contributed by atoms with E-state index in [1.807, 2.05) is 0 Å². The van der Waals surface area contributed by atoms with Gasteiger partial charge in [-0.2, -0.15) is 8.78 Å². The molecular formula is C22H36F2IN3O3. The Kier molecular flexibility index (Phi) is 11.8. The van der Waals surface area contributed by atoms with E-state index in [9.17, 15) is 8.78 Å². The molecule has 0 radical (unpaired) electrons. The van der Waals surface area contributed by atoms with Crippen molar-refractivity contribution < 1.29 is 23.0 Å². The fourth-order valence-electron chi connectivity index (χ4n) is 3.77. The van der Waals surface area contributed by atoms with Gasteiger partial charge in [-0.1, -0.05) is 26.8 Å². The highest BCUT2D eigenvalue weighted by Gasteiger charge is 2.35. The number of aliphatic imine (C=N–C) groups is 1. The maximum atomic E-state index is 12.6. The van der Waals surface area contributed by atoms with Gasteiger partial charge in [-0.25, -0.2) is 0 Å². The molecule has 1 saturated heterocycles. The smallest absolute Gasteiger partial charge is 0.387 e. The summed E-state index contributed by atoms with van der Waals surface area (Å²) in [5, 5.41) is 6.65. The van der Waals surface area contributed by atoms with Gasteiger partial charge in [-0.15, -0.1) is 24.0 Å². The first-order valence-corrected chi connectivity index (χ1v) is 10.5. The number of alkyl halides is 2. The van der Waals surface area contributed by atoms with Gasteiger partial charge in [0.05, 0.1) is 12.7 Å². The van der Waals surface area contributed by atoms with Crippen LogP contribution < -0.4 is 20.1 Å². The third-order valence-electron chi connectivity index (χ3n) is 5.04. The molecule has 31 heavy (non-hydrogen) atoms. The lowest BCUT2D eigenvalue weighted by Gasteiger charge is -2.40. The number of halogens is 3. The summed E-state index contributed by atoms with van der Waals surface area (Å²) >= 11 is 0. The van der Waals surface area contributed by atoms with Crippen molar-refractivity contribution in [1.29, 1.82) is 0 Å². The van der Waals surface area contributed by atoms with Crippen molar-refractivity contribution >= 4 is 29.9 Å². The van der Waals surface area contributed by atoms with Crippen molar-refractivity contribution in [3.8, 4) is 11.5 Å². The molecule has 0 bridgehead atoms. The third-order valence-corrected chi connectivity index (χ3v) is 5.04. The topological polar surface area (TPSA) is 64.1 Å². The first-order chi connectivity index (χ1) is 14.2. The summed E-state index contributed by atoms with van der Waals surface area (Å²) < 4.78 is 41.1. The predicted octanol–water partition coefficient (Wildman–Crippen LogP) is 4.81. The van der Waals surface area contributed by atoms with E-state index in [1.54, 1.807) is 26.1 Å². The van der Waals surface area contributed by atoms with E-state index in [0.29, 0.717) is 30.8 Å². The minimum Gasteiger partial charge on any atom is -0.490 e. The summed E-state index contributed by atoms with van der Waals surface area (Å²) in [6.07, 6.45) is 2.39. The van der Waals surface area contributed by atoms with E-state index >= 15 is 0 Å². The van der Waals surface area contributed by atoms with Crippen molar-refractivity contribution in [3.05, 3.63) is 23.8 Å². The number of hydrogen-bond acceptors (Lipinski definition) is 4. The second-order valence-corrected chi connectivity index (χ2v) is 8.46. The summed E-state index contributed by atoms with van der Waals surface area (Å²) in [5.41, 5.74) is 0.957. The van der Waals surface area contributed by atoms with Crippen LogP contribution in [-0.2, 0) is 11.3 Å². The number of hydrogen-bond donors (Lipinski definition) is 2. The largest absolute Gasteiger partial charge is 0.490 e. The van der Waals surface area contributed by atoms with Gasteiger partial charge in [0.25, 0.3) is 0 Å². The van der Waals surface area contributed by atoms with Crippen LogP contribution in [0, 0.1) is 11.3 Å². The second-order valence-electron chi connectivity index (χ2n) is 8.46. The van der Waals surface area contributed by atoms with Crippen LogP contribution in [-0.4, -0.2) is 45.5 Å². The predicted molar refractivity (Wildman–Crippen MR) is 130 cm³/mol. The molecule has 1 heterocycles. The number of benzene rings is 1. The molecule has 0 aromatic heterocycles. The zero-order valence-corrected chi connectivity index (χ0v) is 21.4. The standard InChI is InChI=1S/C22H35F2N3O3.HI/c1-6-28-18-12-15(9-10-17(18)30-20(23)24)13-26-21(25-5)27-14-16-8-7-11-29-19(16)22(2,3)4;/h9-10,12,16,19-20H,6-8,11,13-14H2,1-5H3,(H2,25,26,27);1H. The summed E-state index contributed by atoms with van der Waals surface area (Å²) in [6.45, 7) is 7.95. The fraction of sp³-hybridized carbons (Fsp3) is 0.682. The summed E-state index contributed by atoms with van der Waals surface area (Å²) in [7, 11) is 1.72. The lowest BCUT2D eigenvalue weighted by molar-refractivity contribution is -0.0835. The van der Waals surface area contributed by atoms with Crippen LogP contribution in [0.15, 0.2) is 23.2 Å². The van der Waals surface area contributed by atoms with Crippen LogP contribution in [0.1, 0.15) is 46.1 Å². The van der Waals surface area contributed by atoms with Gasteiger partial charge in [-0.05, 0) is 42.9 Å².